The zero-order valence-electron chi connectivity index (χ0n) is 16.7. The van der Waals surface area contributed by atoms with Crippen molar-refractivity contribution < 1.29 is 14.0 Å². The molecule has 2 heterocycles. The number of piperidine rings is 1. The van der Waals surface area contributed by atoms with Gasteiger partial charge in [0.05, 0.1) is 6.54 Å². The molecule has 0 radical (unpaired) electrons. The third-order valence-corrected chi connectivity index (χ3v) is 5.72. The monoisotopic (exact) mass is 409 g/mol. The smallest absolute Gasteiger partial charge is 0.251 e. The van der Waals surface area contributed by atoms with Crippen molar-refractivity contribution in [2.45, 2.75) is 64.1 Å². The number of hydrogen-bond acceptors (Lipinski definition) is 3. The van der Waals surface area contributed by atoms with E-state index in [0.717, 1.165) is 25.7 Å². The van der Waals surface area contributed by atoms with Gasteiger partial charge in [0.25, 0.3) is 5.91 Å². The highest BCUT2D eigenvalue weighted by Gasteiger charge is 2.41. The Kier molecular flexibility index (Phi) is 6.30. The van der Waals surface area contributed by atoms with Crippen LogP contribution >= 0.6 is 11.6 Å². The lowest BCUT2D eigenvalue weighted by Crippen LogP contribution is -2.52. The molecule has 2 bridgehead atoms. The van der Waals surface area contributed by atoms with Gasteiger partial charge in [-0.2, -0.15) is 0 Å². The van der Waals surface area contributed by atoms with E-state index in [4.69, 9.17) is 11.6 Å². The van der Waals surface area contributed by atoms with E-state index in [1.807, 2.05) is 20.8 Å². The quantitative estimate of drug-likeness (QED) is 0.783. The van der Waals surface area contributed by atoms with E-state index < -0.39 is 5.82 Å². The number of nitrogens with one attached hydrogen (secondary N) is 2. The summed E-state index contributed by atoms with van der Waals surface area (Å²) in [4.78, 5) is 26.9. The molecule has 154 valence electrons. The van der Waals surface area contributed by atoms with Crippen molar-refractivity contribution in [1.82, 2.24) is 15.5 Å². The van der Waals surface area contributed by atoms with Gasteiger partial charge in [-0.3, -0.25) is 14.5 Å². The van der Waals surface area contributed by atoms with Crippen LogP contribution < -0.4 is 10.6 Å². The van der Waals surface area contributed by atoms with Crippen LogP contribution in [0.4, 0.5) is 4.39 Å². The molecule has 2 fully saturated rings. The maximum atomic E-state index is 13.4. The summed E-state index contributed by atoms with van der Waals surface area (Å²) in [5, 5.41) is 6.16. The van der Waals surface area contributed by atoms with Crippen LogP contribution in [0.1, 0.15) is 56.8 Å². The fraction of sp³-hybridized carbons (Fsp3) is 0.619. The van der Waals surface area contributed by atoms with Crippen LogP contribution in [-0.4, -0.2) is 47.4 Å². The first-order chi connectivity index (χ1) is 13.1. The van der Waals surface area contributed by atoms with Gasteiger partial charge in [0, 0.05) is 34.8 Å². The largest absolute Gasteiger partial charge is 0.352 e. The van der Waals surface area contributed by atoms with Gasteiger partial charge in [-0.05, 0) is 70.6 Å². The average Bonchev–Trinajstić information content (AvgIpc) is 2.79. The molecule has 28 heavy (non-hydrogen) atoms. The van der Waals surface area contributed by atoms with Crippen molar-refractivity contribution in [3.8, 4) is 0 Å². The lowest BCUT2D eigenvalue weighted by molar-refractivity contribution is -0.125. The predicted octanol–water partition coefficient (Wildman–Crippen LogP) is 3.37. The van der Waals surface area contributed by atoms with Crippen molar-refractivity contribution >= 4 is 23.4 Å². The Hall–Kier alpha value is -1.66. The van der Waals surface area contributed by atoms with E-state index in [1.54, 1.807) is 0 Å². The first kappa shape index (κ1) is 21.1. The van der Waals surface area contributed by atoms with E-state index in [1.165, 1.54) is 18.2 Å². The van der Waals surface area contributed by atoms with E-state index in [0.29, 0.717) is 31.1 Å². The molecule has 0 aliphatic carbocycles. The van der Waals surface area contributed by atoms with Gasteiger partial charge in [0.1, 0.15) is 5.82 Å². The predicted molar refractivity (Wildman–Crippen MR) is 108 cm³/mol. The minimum Gasteiger partial charge on any atom is -0.352 e. The average molecular weight is 410 g/mol. The molecular formula is C21H29ClFN3O2. The first-order valence-corrected chi connectivity index (χ1v) is 10.3. The second-order valence-corrected chi connectivity index (χ2v) is 9.50. The SMILES string of the molecule is CC(C)(C)NC(=O)CN1[C@@H]2CC[C@H]1CC(CNC(=O)c1cc(F)cc(Cl)c1)C2. The molecule has 2 amide bonds. The number of fused-ring (bicyclic) bond motifs is 2. The van der Waals surface area contributed by atoms with Crippen LogP contribution in [0.25, 0.3) is 0 Å². The fourth-order valence-corrected chi connectivity index (χ4v) is 4.68. The summed E-state index contributed by atoms with van der Waals surface area (Å²) >= 11 is 5.83. The van der Waals surface area contributed by atoms with Crippen LogP contribution in [0.3, 0.4) is 0 Å². The summed E-state index contributed by atoms with van der Waals surface area (Å²) in [7, 11) is 0. The molecule has 1 aromatic rings. The minimum absolute atomic E-state index is 0.0686. The Labute approximate surface area is 171 Å². The van der Waals surface area contributed by atoms with E-state index in [2.05, 4.69) is 15.5 Å². The number of amides is 2. The lowest BCUT2D eigenvalue weighted by atomic mass is 9.90. The molecule has 2 saturated heterocycles. The summed E-state index contributed by atoms with van der Waals surface area (Å²) in [5.74, 6) is -0.384. The fourth-order valence-electron chi connectivity index (χ4n) is 4.46. The van der Waals surface area contributed by atoms with Gasteiger partial charge in [0.2, 0.25) is 5.91 Å². The Morgan fingerprint density at radius 1 is 1.18 bits per heavy atom. The summed E-state index contributed by atoms with van der Waals surface area (Å²) in [6.07, 6.45) is 4.11. The van der Waals surface area contributed by atoms with Crippen LogP contribution in [0.2, 0.25) is 5.02 Å². The van der Waals surface area contributed by atoms with Crippen molar-refractivity contribution in [2.75, 3.05) is 13.1 Å². The molecule has 1 unspecified atom stereocenters. The van der Waals surface area contributed by atoms with Crippen LogP contribution in [-0.2, 0) is 4.79 Å². The molecule has 1 aromatic carbocycles. The topological polar surface area (TPSA) is 61.4 Å². The van der Waals surface area contributed by atoms with Crippen LogP contribution in [0.15, 0.2) is 18.2 Å². The maximum absolute atomic E-state index is 13.4. The number of hydrogen-bond donors (Lipinski definition) is 2. The number of rotatable bonds is 5. The van der Waals surface area contributed by atoms with Gasteiger partial charge < -0.3 is 10.6 Å². The third-order valence-electron chi connectivity index (χ3n) is 5.50. The highest BCUT2D eigenvalue weighted by atomic mass is 35.5. The van der Waals surface area contributed by atoms with Gasteiger partial charge >= 0.3 is 0 Å². The summed E-state index contributed by atoms with van der Waals surface area (Å²) in [6.45, 7) is 6.95. The van der Waals surface area contributed by atoms with Crippen molar-refractivity contribution in [3.63, 3.8) is 0 Å². The Morgan fingerprint density at radius 3 is 2.39 bits per heavy atom. The van der Waals surface area contributed by atoms with E-state index in [-0.39, 0.29) is 27.9 Å². The van der Waals surface area contributed by atoms with Crippen molar-refractivity contribution in [2.24, 2.45) is 5.92 Å². The molecule has 0 saturated carbocycles. The van der Waals surface area contributed by atoms with Gasteiger partial charge in [-0.15, -0.1) is 0 Å². The van der Waals surface area contributed by atoms with Crippen molar-refractivity contribution in [3.05, 3.63) is 34.6 Å². The maximum Gasteiger partial charge on any atom is 0.251 e. The molecule has 2 aliphatic rings. The first-order valence-electron chi connectivity index (χ1n) is 9.92. The van der Waals surface area contributed by atoms with Crippen molar-refractivity contribution in [1.29, 1.82) is 0 Å². The van der Waals surface area contributed by atoms with Gasteiger partial charge in [0.15, 0.2) is 0 Å². The second-order valence-electron chi connectivity index (χ2n) is 9.06. The minimum atomic E-state index is -0.516. The number of carbonyl (C=O) groups is 2. The molecule has 2 N–H and O–H groups in total. The highest BCUT2D eigenvalue weighted by molar-refractivity contribution is 6.31. The summed E-state index contributed by atoms with van der Waals surface area (Å²) < 4.78 is 13.4. The van der Waals surface area contributed by atoms with Crippen LogP contribution in [0, 0.1) is 11.7 Å². The zero-order chi connectivity index (χ0) is 20.5. The summed E-state index contributed by atoms with van der Waals surface area (Å²) in [6, 6.07) is 4.62. The molecule has 0 spiro atoms. The normalized spacial score (nSPS) is 24.8. The molecular weight excluding hydrogens is 381 g/mol. The molecule has 7 heteroatoms. The number of nitrogens with zero attached hydrogens (tertiary/aromatic N) is 1. The Balaban J connectivity index is 1.51. The molecule has 3 atom stereocenters. The van der Waals surface area contributed by atoms with E-state index >= 15 is 0 Å². The molecule has 5 nitrogen and oxygen atoms in total. The number of carbonyl (C=O) groups excluding carboxylic acids is 2. The second kappa shape index (κ2) is 8.37. The van der Waals surface area contributed by atoms with Gasteiger partial charge in [-0.25, -0.2) is 4.39 Å². The standard InChI is InChI=1S/C21H29ClFN3O2/c1-21(2,3)25-19(27)12-26-17-4-5-18(26)7-13(6-17)11-24-20(28)14-8-15(22)10-16(23)9-14/h8-10,13,17-18H,4-7,11-12H2,1-3H3,(H,24,28)(H,25,27)/t13?,17-,18+. The number of halogens is 2. The van der Waals surface area contributed by atoms with E-state index in [9.17, 15) is 14.0 Å². The molecule has 2 aliphatic heterocycles. The third kappa shape index (κ3) is 5.45. The van der Waals surface area contributed by atoms with Crippen LogP contribution in [0.5, 0.6) is 0 Å². The van der Waals surface area contributed by atoms with Gasteiger partial charge in [-0.1, -0.05) is 11.6 Å². The zero-order valence-corrected chi connectivity index (χ0v) is 17.5. The summed E-state index contributed by atoms with van der Waals surface area (Å²) in [5.41, 5.74) is 0.0164. The number of benzene rings is 1. The molecule has 3 rings (SSSR count). The lowest BCUT2D eigenvalue weighted by Gasteiger charge is -2.39. The Morgan fingerprint density at radius 2 is 1.82 bits per heavy atom. The Bertz CT molecular complexity index is 715. The highest BCUT2D eigenvalue weighted by Crippen LogP contribution is 2.38. The molecule has 0 aromatic heterocycles.